The van der Waals surface area contributed by atoms with Crippen molar-refractivity contribution in [3.63, 3.8) is 0 Å². The van der Waals surface area contributed by atoms with Crippen molar-refractivity contribution in [2.75, 3.05) is 19.4 Å². The second-order valence-corrected chi connectivity index (χ2v) is 5.04. The van der Waals surface area contributed by atoms with Crippen LogP contribution in [0.5, 0.6) is 0 Å². The van der Waals surface area contributed by atoms with Gasteiger partial charge in [-0.25, -0.2) is 0 Å². The lowest BCUT2D eigenvalue weighted by Crippen LogP contribution is -2.15. The zero-order valence-corrected chi connectivity index (χ0v) is 7.97. The first-order valence-corrected chi connectivity index (χ1v) is 5.77. The van der Waals surface area contributed by atoms with E-state index >= 15 is 0 Å². The summed E-state index contributed by atoms with van der Waals surface area (Å²) in [7, 11) is -2.67. The SMILES string of the molecule is CCOP1(=O)CC(C)CCO1. The highest BCUT2D eigenvalue weighted by molar-refractivity contribution is 7.53. The van der Waals surface area contributed by atoms with Gasteiger partial charge in [0.1, 0.15) is 0 Å². The Labute approximate surface area is 67.6 Å². The summed E-state index contributed by atoms with van der Waals surface area (Å²) in [5, 5.41) is 0. The molecule has 11 heavy (non-hydrogen) atoms. The Bertz CT molecular complexity index is 163. The molecule has 0 amide bonds. The topological polar surface area (TPSA) is 35.5 Å². The Morgan fingerprint density at radius 3 is 3.00 bits per heavy atom. The third kappa shape index (κ3) is 2.58. The molecule has 2 unspecified atom stereocenters. The molecule has 1 fully saturated rings. The number of hydrogen-bond acceptors (Lipinski definition) is 3. The van der Waals surface area contributed by atoms with Crippen molar-refractivity contribution in [3.05, 3.63) is 0 Å². The van der Waals surface area contributed by atoms with E-state index in [-0.39, 0.29) is 0 Å². The summed E-state index contributed by atoms with van der Waals surface area (Å²) in [5.74, 6) is 0.473. The van der Waals surface area contributed by atoms with Gasteiger partial charge in [-0.3, -0.25) is 4.57 Å². The van der Waals surface area contributed by atoms with Gasteiger partial charge < -0.3 is 9.05 Å². The van der Waals surface area contributed by atoms with Gasteiger partial charge in [-0.15, -0.1) is 0 Å². The van der Waals surface area contributed by atoms with Gasteiger partial charge in [-0.2, -0.15) is 0 Å². The molecule has 0 aromatic rings. The summed E-state index contributed by atoms with van der Waals surface area (Å²) in [4.78, 5) is 0. The highest BCUT2D eigenvalue weighted by Crippen LogP contribution is 2.52. The quantitative estimate of drug-likeness (QED) is 0.608. The van der Waals surface area contributed by atoms with Gasteiger partial charge in [0, 0.05) is 0 Å². The van der Waals surface area contributed by atoms with E-state index in [1.807, 2.05) is 6.92 Å². The molecule has 0 spiro atoms. The van der Waals surface area contributed by atoms with Crippen LogP contribution in [0.3, 0.4) is 0 Å². The van der Waals surface area contributed by atoms with E-state index in [4.69, 9.17) is 9.05 Å². The maximum atomic E-state index is 11.6. The van der Waals surface area contributed by atoms with Gasteiger partial charge in [0.2, 0.25) is 0 Å². The molecular weight excluding hydrogens is 163 g/mol. The Hall–Kier alpha value is 0.150. The van der Waals surface area contributed by atoms with Crippen LogP contribution in [-0.4, -0.2) is 19.4 Å². The maximum Gasteiger partial charge on any atom is 0.330 e. The molecule has 1 aliphatic heterocycles. The Balaban J connectivity index is 2.49. The lowest BCUT2D eigenvalue weighted by molar-refractivity contribution is 0.178. The van der Waals surface area contributed by atoms with Crippen LogP contribution in [-0.2, 0) is 13.6 Å². The Morgan fingerprint density at radius 2 is 2.45 bits per heavy atom. The summed E-state index contributed by atoms with van der Waals surface area (Å²) in [6, 6.07) is 0. The van der Waals surface area contributed by atoms with E-state index in [9.17, 15) is 4.57 Å². The van der Waals surface area contributed by atoms with E-state index in [1.54, 1.807) is 0 Å². The van der Waals surface area contributed by atoms with Crippen molar-refractivity contribution in [2.45, 2.75) is 20.3 Å². The van der Waals surface area contributed by atoms with E-state index in [1.165, 1.54) is 0 Å². The van der Waals surface area contributed by atoms with Crippen molar-refractivity contribution in [1.29, 1.82) is 0 Å². The van der Waals surface area contributed by atoms with Gasteiger partial charge in [0.25, 0.3) is 0 Å². The molecule has 1 saturated heterocycles. The van der Waals surface area contributed by atoms with Crippen LogP contribution < -0.4 is 0 Å². The number of hydrogen-bond donors (Lipinski definition) is 0. The third-order valence-corrected chi connectivity index (χ3v) is 4.06. The lowest BCUT2D eigenvalue weighted by Gasteiger charge is -2.26. The molecule has 0 aromatic carbocycles. The predicted molar refractivity (Wildman–Crippen MR) is 43.8 cm³/mol. The molecule has 3 nitrogen and oxygen atoms in total. The van der Waals surface area contributed by atoms with Gasteiger partial charge in [0.05, 0.1) is 19.4 Å². The number of rotatable bonds is 2. The van der Waals surface area contributed by atoms with Crippen LogP contribution in [0, 0.1) is 5.92 Å². The summed E-state index contributed by atoms with van der Waals surface area (Å²) in [6.45, 7) is 4.97. The third-order valence-electron chi connectivity index (χ3n) is 1.76. The largest absolute Gasteiger partial charge is 0.330 e. The summed E-state index contributed by atoms with van der Waals surface area (Å²) in [6.07, 6.45) is 1.58. The van der Waals surface area contributed by atoms with Crippen molar-refractivity contribution < 1.29 is 13.6 Å². The Kier molecular flexibility index (Phi) is 3.11. The molecule has 1 rings (SSSR count). The van der Waals surface area contributed by atoms with E-state index in [0.717, 1.165) is 6.42 Å². The normalized spacial score (nSPS) is 38.9. The second kappa shape index (κ2) is 3.70. The van der Waals surface area contributed by atoms with Crippen LogP contribution in [0.2, 0.25) is 0 Å². The van der Waals surface area contributed by atoms with Crippen LogP contribution in [0.4, 0.5) is 0 Å². The molecule has 2 atom stereocenters. The van der Waals surface area contributed by atoms with Gasteiger partial charge in [-0.05, 0) is 19.3 Å². The first kappa shape index (κ1) is 9.24. The van der Waals surface area contributed by atoms with E-state index in [2.05, 4.69) is 6.92 Å². The fourth-order valence-electron chi connectivity index (χ4n) is 1.21. The van der Waals surface area contributed by atoms with Gasteiger partial charge in [0.15, 0.2) is 0 Å². The van der Waals surface area contributed by atoms with Crippen LogP contribution in [0.15, 0.2) is 0 Å². The van der Waals surface area contributed by atoms with Crippen LogP contribution in [0.25, 0.3) is 0 Å². The summed E-state index contributed by atoms with van der Waals surface area (Å²) >= 11 is 0. The van der Waals surface area contributed by atoms with Gasteiger partial charge >= 0.3 is 7.60 Å². The van der Waals surface area contributed by atoms with Crippen molar-refractivity contribution in [3.8, 4) is 0 Å². The molecule has 66 valence electrons. The first-order chi connectivity index (χ1) is 5.16. The standard InChI is InChI=1S/C7H15O3P/c1-3-9-11(8)6-7(2)4-5-10-11/h7H,3-6H2,1-2H3. The zero-order chi connectivity index (χ0) is 8.32. The Morgan fingerprint density at radius 1 is 1.73 bits per heavy atom. The fraction of sp³-hybridized carbons (Fsp3) is 1.00. The lowest BCUT2D eigenvalue weighted by atomic mass is 10.1. The molecule has 1 heterocycles. The monoisotopic (exact) mass is 178 g/mol. The minimum Gasteiger partial charge on any atom is -0.309 e. The highest BCUT2D eigenvalue weighted by Gasteiger charge is 2.30. The molecular formula is C7H15O3P. The molecule has 0 radical (unpaired) electrons. The molecule has 0 aromatic heterocycles. The van der Waals surface area contributed by atoms with Crippen LogP contribution >= 0.6 is 7.60 Å². The average Bonchev–Trinajstić information content (AvgIpc) is 1.86. The maximum absolute atomic E-state index is 11.6. The fourth-order valence-corrected chi connectivity index (χ4v) is 3.21. The molecule has 1 aliphatic rings. The predicted octanol–water partition coefficient (Wildman–Crippen LogP) is 2.27. The van der Waals surface area contributed by atoms with Crippen molar-refractivity contribution >= 4 is 7.60 Å². The first-order valence-electron chi connectivity index (χ1n) is 4.04. The average molecular weight is 178 g/mol. The van der Waals surface area contributed by atoms with Crippen LogP contribution in [0.1, 0.15) is 20.3 Å². The molecule has 0 saturated carbocycles. The smallest absolute Gasteiger partial charge is 0.309 e. The highest BCUT2D eigenvalue weighted by atomic mass is 31.2. The van der Waals surface area contributed by atoms with E-state index in [0.29, 0.717) is 25.3 Å². The second-order valence-electron chi connectivity index (χ2n) is 2.94. The molecule has 0 N–H and O–H groups in total. The van der Waals surface area contributed by atoms with E-state index < -0.39 is 7.60 Å². The molecule has 0 aliphatic carbocycles. The minimum absolute atomic E-state index is 0.473. The van der Waals surface area contributed by atoms with Crippen molar-refractivity contribution in [2.24, 2.45) is 5.92 Å². The summed E-state index contributed by atoms with van der Waals surface area (Å²) in [5.41, 5.74) is 0. The summed E-state index contributed by atoms with van der Waals surface area (Å²) < 4.78 is 21.8. The molecule has 0 bridgehead atoms. The zero-order valence-electron chi connectivity index (χ0n) is 7.08. The van der Waals surface area contributed by atoms with Gasteiger partial charge in [-0.1, -0.05) is 6.92 Å². The minimum atomic E-state index is -2.67. The molecule has 4 heteroatoms. The van der Waals surface area contributed by atoms with Crippen molar-refractivity contribution in [1.82, 2.24) is 0 Å².